The highest BCUT2D eigenvalue weighted by atomic mass is 19.1. The van der Waals surface area contributed by atoms with Crippen molar-refractivity contribution in [3.05, 3.63) is 35.6 Å². The number of amides is 2. The first-order chi connectivity index (χ1) is 8.93. The SMILES string of the molecule is COC(=O)NC(=O)[C@@H](C)N(C)Cc1ccc(F)cc1. The van der Waals surface area contributed by atoms with Crippen molar-refractivity contribution >= 4 is 12.0 Å². The van der Waals surface area contributed by atoms with Crippen LogP contribution in [0.25, 0.3) is 0 Å². The van der Waals surface area contributed by atoms with Crippen LogP contribution in [0, 0.1) is 5.82 Å². The zero-order valence-corrected chi connectivity index (χ0v) is 11.1. The number of carbonyl (C=O) groups is 2. The Bertz CT molecular complexity index is 448. The van der Waals surface area contributed by atoms with E-state index >= 15 is 0 Å². The Kier molecular flexibility index (Phi) is 5.44. The summed E-state index contributed by atoms with van der Waals surface area (Å²) >= 11 is 0. The molecule has 104 valence electrons. The Balaban J connectivity index is 2.56. The van der Waals surface area contributed by atoms with Crippen LogP contribution >= 0.6 is 0 Å². The number of imide groups is 1. The smallest absolute Gasteiger partial charge is 0.413 e. The molecule has 0 aliphatic carbocycles. The maximum atomic E-state index is 12.8. The molecule has 0 aliphatic rings. The number of nitrogens with zero attached hydrogens (tertiary/aromatic N) is 1. The summed E-state index contributed by atoms with van der Waals surface area (Å²) in [5, 5.41) is 2.10. The molecular weight excluding hydrogens is 251 g/mol. The fourth-order valence-electron chi connectivity index (χ4n) is 1.47. The summed E-state index contributed by atoms with van der Waals surface area (Å²) in [5.41, 5.74) is 0.876. The third-order valence-corrected chi connectivity index (χ3v) is 2.80. The summed E-state index contributed by atoms with van der Waals surface area (Å²) in [6, 6.07) is 5.52. The van der Waals surface area contributed by atoms with Gasteiger partial charge in [0, 0.05) is 6.54 Å². The van der Waals surface area contributed by atoms with E-state index in [0.717, 1.165) is 5.56 Å². The molecule has 0 aromatic heterocycles. The van der Waals surface area contributed by atoms with Gasteiger partial charge in [-0.1, -0.05) is 12.1 Å². The number of likely N-dealkylation sites (N-methyl/N-ethyl adjacent to an activating group) is 1. The lowest BCUT2D eigenvalue weighted by Gasteiger charge is -2.23. The van der Waals surface area contributed by atoms with E-state index in [9.17, 15) is 14.0 Å². The molecule has 0 unspecified atom stereocenters. The number of methoxy groups -OCH3 is 1. The van der Waals surface area contributed by atoms with Gasteiger partial charge in [-0.2, -0.15) is 0 Å². The third kappa shape index (κ3) is 4.67. The lowest BCUT2D eigenvalue weighted by molar-refractivity contribution is -0.124. The molecule has 0 aliphatic heterocycles. The maximum Gasteiger partial charge on any atom is 0.413 e. The third-order valence-electron chi connectivity index (χ3n) is 2.80. The van der Waals surface area contributed by atoms with Crippen LogP contribution in [0.5, 0.6) is 0 Å². The van der Waals surface area contributed by atoms with Crippen LogP contribution in [0.3, 0.4) is 0 Å². The van der Waals surface area contributed by atoms with Gasteiger partial charge in [-0.25, -0.2) is 9.18 Å². The lowest BCUT2D eigenvalue weighted by Crippen LogP contribution is -2.45. The van der Waals surface area contributed by atoms with E-state index in [1.165, 1.54) is 19.2 Å². The quantitative estimate of drug-likeness (QED) is 0.899. The van der Waals surface area contributed by atoms with Crippen LogP contribution < -0.4 is 5.32 Å². The summed E-state index contributed by atoms with van der Waals surface area (Å²) in [4.78, 5) is 24.4. The molecule has 19 heavy (non-hydrogen) atoms. The predicted molar refractivity (Wildman–Crippen MR) is 67.9 cm³/mol. The van der Waals surface area contributed by atoms with Crippen LogP contribution in [0.4, 0.5) is 9.18 Å². The van der Waals surface area contributed by atoms with Gasteiger partial charge in [0.2, 0.25) is 5.91 Å². The molecule has 1 N–H and O–H groups in total. The van der Waals surface area contributed by atoms with Crippen LogP contribution in [0.15, 0.2) is 24.3 Å². The summed E-state index contributed by atoms with van der Waals surface area (Å²) in [5.74, 6) is -0.751. The zero-order valence-electron chi connectivity index (χ0n) is 11.1. The highest BCUT2D eigenvalue weighted by Crippen LogP contribution is 2.08. The molecule has 1 aromatic carbocycles. The molecule has 6 heteroatoms. The second-order valence-corrected chi connectivity index (χ2v) is 4.20. The number of alkyl carbamates (subject to hydrolysis) is 1. The Morgan fingerprint density at radius 2 is 1.95 bits per heavy atom. The molecule has 5 nitrogen and oxygen atoms in total. The van der Waals surface area contributed by atoms with Crippen LogP contribution in [0.2, 0.25) is 0 Å². The average molecular weight is 268 g/mol. The standard InChI is InChI=1S/C13H17FN2O3/c1-9(12(17)15-13(18)19-3)16(2)8-10-4-6-11(14)7-5-10/h4-7,9H,8H2,1-3H3,(H,15,17,18)/t9-/m1/s1. The Morgan fingerprint density at radius 3 is 2.47 bits per heavy atom. The van der Waals surface area contributed by atoms with Gasteiger partial charge in [-0.15, -0.1) is 0 Å². The van der Waals surface area contributed by atoms with Crippen LogP contribution in [-0.4, -0.2) is 37.1 Å². The van der Waals surface area contributed by atoms with Gasteiger partial charge >= 0.3 is 6.09 Å². The number of carbonyl (C=O) groups excluding carboxylic acids is 2. The van der Waals surface area contributed by atoms with E-state index in [4.69, 9.17) is 0 Å². The van der Waals surface area contributed by atoms with Crippen LogP contribution in [0.1, 0.15) is 12.5 Å². The second kappa shape index (κ2) is 6.84. The first-order valence-corrected chi connectivity index (χ1v) is 5.77. The summed E-state index contributed by atoms with van der Waals surface area (Å²) in [6.45, 7) is 2.14. The largest absolute Gasteiger partial charge is 0.453 e. The molecule has 0 saturated heterocycles. The molecule has 0 fully saturated rings. The first-order valence-electron chi connectivity index (χ1n) is 5.77. The second-order valence-electron chi connectivity index (χ2n) is 4.20. The number of hydrogen-bond donors (Lipinski definition) is 1. The van der Waals surface area contributed by atoms with E-state index in [1.54, 1.807) is 31.0 Å². The van der Waals surface area contributed by atoms with E-state index in [-0.39, 0.29) is 5.82 Å². The molecule has 1 rings (SSSR count). The molecule has 1 aromatic rings. The van der Waals surface area contributed by atoms with Crippen molar-refractivity contribution in [2.24, 2.45) is 0 Å². The summed E-state index contributed by atoms with van der Waals surface area (Å²) in [7, 11) is 2.93. The fraction of sp³-hybridized carbons (Fsp3) is 0.385. The van der Waals surface area contributed by atoms with Gasteiger partial charge in [0.05, 0.1) is 13.2 Å². The van der Waals surface area contributed by atoms with E-state index in [0.29, 0.717) is 6.54 Å². The van der Waals surface area contributed by atoms with E-state index in [1.807, 2.05) is 0 Å². The monoisotopic (exact) mass is 268 g/mol. The Hall–Kier alpha value is -1.95. The number of ether oxygens (including phenoxy) is 1. The number of rotatable bonds is 4. The highest BCUT2D eigenvalue weighted by molar-refractivity contribution is 5.94. The lowest BCUT2D eigenvalue weighted by atomic mass is 10.2. The predicted octanol–water partition coefficient (Wildman–Crippen LogP) is 1.53. The zero-order chi connectivity index (χ0) is 14.4. The van der Waals surface area contributed by atoms with Gasteiger partial charge < -0.3 is 4.74 Å². The van der Waals surface area contributed by atoms with Crippen molar-refractivity contribution < 1.29 is 18.7 Å². The molecule has 0 bridgehead atoms. The van der Waals surface area contributed by atoms with Crippen molar-refractivity contribution in [3.8, 4) is 0 Å². The molecular formula is C13H17FN2O3. The Morgan fingerprint density at radius 1 is 1.37 bits per heavy atom. The van der Waals surface area contributed by atoms with Gasteiger partial charge in [-0.05, 0) is 31.7 Å². The minimum Gasteiger partial charge on any atom is -0.453 e. The summed E-state index contributed by atoms with van der Waals surface area (Å²) in [6.07, 6.45) is -0.785. The molecule has 0 heterocycles. The van der Waals surface area contributed by atoms with Crippen molar-refractivity contribution in [2.75, 3.05) is 14.2 Å². The molecule has 1 atom stereocenters. The minimum atomic E-state index is -0.785. The normalized spacial score (nSPS) is 12.1. The minimum absolute atomic E-state index is 0.303. The van der Waals surface area contributed by atoms with Gasteiger partial charge in [-0.3, -0.25) is 15.0 Å². The number of halogens is 1. The van der Waals surface area contributed by atoms with E-state index in [2.05, 4.69) is 10.1 Å². The first kappa shape index (κ1) is 15.1. The average Bonchev–Trinajstić information content (AvgIpc) is 2.40. The van der Waals surface area contributed by atoms with E-state index < -0.39 is 18.0 Å². The van der Waals surface area contributed by atoms with Gasteiger partial charge in [0.15, 0.2) is 0 Å². The highest BCUT2D eigenvalue weighted by Gasteiger charge is 2.20. The maximum absolute atomic E-state index is 12.8. The topological polar surface area (TPSA) is 58.6 Å². The van der Waals surface area contributed by atoms with Crippen LogP contribution in [-0.2, 0) is 16.1 Å². The molecule has 0 spiro atoms. The number of hydrogen-bond acceptors (Lipinski definition) is 4. The molecule has 0 radical (unpaired) electrons. The molecule has 2 amide bonds. The van der Waals surface area contributed by atoms with Crippen molar-refractivity contribution in [1.82, 2.24) is 10.2 Å². The van der Waals surface area contributed by atoms with Gasteiger partial charge in [0.25, 0.3) is 0 Å². The summed E-state index contributed by atoms with van der Waals surface area (Å²) < 4.78 is 17.1. The fourth-order valence-corrected chi connectivity index (χ4v) is 1.47. The molecule has 0 saturated carbocycles. The number of nitrogens with one attached hydrogen (secondary N) is 1. The number of benzene rings is 1. The Labute approximate surface area is 111 Å². The van der Waals surface area contributed by atoms with Gasteiger partial charge in [0.1, 0.15) is 5.82 Å². The van der Waals surface area contributed by atoms with Crippen molar-refractivity contribution in [3.63, 3.8) is 0 Å². The van der Waals surface area contributed by atoms with Crippen molar-refractivity contribution in [1.29, 1.82) is 0 Å². The van der Waals surface area contributed by atoms with Crippen molar-refractivity contribution in [2.45, 2.75) is 19.5 Å².